The maximum absolute atomic E-state index is 5.64. The fraction of sp³-hybridized carbons (Fsp3) is 0.500. The number of rotatable bonds is 1. The second-order valence-corrected chi connectivity index (χ2v) is 3.94. The second kappa shape index (κ2) is 3.27. The average molecular weight is 204 g/mol. The number of imidazole rings is 1. The highest BCUT2D eigenvalue weighted by Crippen LogP contribution is 2.32. The van der Waals surface area contributed by atoms with Gasteiger partial charge in [-0.2, -0.15) is 0 Å². The van der Waals surface area contributed by atoms with E-state index in [2.05, 4.69) is 26.9 Å². The van der Waals surface area contributed by atoms with Crippen molar-refractivity contribution in [1.29, 1.82) is 0 Å². The van der Waals surface area contributed by atoms with Crippen LogP contribution >= 0.6 is 0 Å². The first-order chi connectivity index (χ1) is 7.34. The lowest BCUT2D eigenvalue weighted by atomic mass is 10.0. The van der Waals surface area contributed by atoms with E-state index in [1.807, 2.05) is 0 Å². The van der Waals surface area contributed by atoms with Crippen LogP contribution in [0.3, 0.4) is 0 Å². The van der Waals surface area contributed by atoms with Gasteiger partial charge >= 0.3 is 0 Å². The average Bonchev–Trinajstić information content (AvgIpc) is 2.82. The van der Waals surface area contributed by atoms with E-state index in [9.17, 15) is 0 Å². The first kappa shape index (κ1) is 8.79. The number of hydrogen-bond acceptors (Lipinski definition) is 4. The first-order valence-corrected chi connectivity index (χ1v) is 5.12. The highest BCUT2D eigenvalue weighted by Gasteiger charge is 2.28. The predicted octanol–water partition coefficient (Wildman–Crippen LogP) is 1.45. The maximum atomic E-state index is 5.64. The summed E-state index contributed by atoms with van der Waals surface area (Å²) in [6.45, 7) is 2.99. The predicted molar refractivity (Wildman–Crippen MR) is 54.2 cm³/mol. The largest absolute Gasteiger partial charge is 0.370 e. The molecule has 2 aromatic rings. The monoisotopic (exact) mass is 204 g/mol. The number of ether oxygens (including phenoxy) is 1. The molecule has 2 atom stereocenters. The zero-order chi connectivity index (χ0) is 10.3. The topological polar surface area (TPSA) is 63.7 Å². The van der Waals surface area contributed by atoms with Gasteiger partial charge in [0.15, 0.2) is 5.65 Å². The lowest BCUT2D eigenvalue weighted by Gasteiger charge is -2.10. The van der Waals surface area contributed by atoms with Crippen LogP contribution in [-0.4, -0.2) is 26.5 Å². The molecular formula is C10H12N4O. The second-order valence-electron chi connectivity index (χ2n) is 3.94. The number of fused-ring (bicyclic) bond motifs is 1. The quantitative estimate of drug-likeness (QED) is 0.763. The number of nitrogens with one attached hydrogen (secondary N) is 1. The molecule has 1 saturated heterocycles. The molecule has 0 aliphatic carbocycles. The van der Waals surface area contributed by atoms with Crippen LogP contribution in [-0.2, 0) is 4.74 Å². The third-order valence-electron chi connectivity index (χ3n) is 2.84. The minimum atomic E-state index is 0.0826. The Morgan fingerprint density at radius 3 is 3.20 bits per heavy atom. The van der Waals surface area contributed by atoms with E-state index in [4.69, 9.17) is 4.74 Å². The maximum Gasteiger partial charge on any atom is 0.180 e. The van der Waals surface area contributed by atoms with Crippen molar-refractivity contribution < 1.29 is 4.74 Å². The number of nitrogens with zero attached hydrogens (tertiary/aromatic N) is 3. The Labute approximate surface area is 86.9 Å². The Kier molecular flexibility index (Phi) is 1.92. The van der Waals surface area contributed by atoms with Crippen molar-refractivity contribution >= 4 is 11.2 Å². The minimum Gasteiger partial charge on any atom is -0.370 e. The van der Waals surface area contributed by atoms with E-state index in [0.29, 0.717) is 11.6 Å². The van der Waals surface area contributed by atoms with Crippen molar-refractivity contribution in [2.24, 2.45) is 5.92 Å². The van der Waals surface area contributed by atoms with Crippen LogP contribution in [0.4, 0.5) is 0 Å². The summed E-state index contributed by atoms with van der Waals surface area (Å²) >= 11 is 0. The van der Waals surface area contributed by atoms with Crippen molar-refractivity contribution in [3.05, 3.63) is 18.3 Å². The van der Waals surface area contributed by atoms with E-state index >= 15 is 0 Å². The molecule has 0 radical (unpaired) electrons. The fourth-order valence-electron chi connectivity index (χ4n) is 1.96. The van der Waals surface area contributed by atoms with Gasteiger partial charge in [0.2, 0.25) is 0 Å². The smallest absolute Gasteiger partial charge is 0.180 e. The van der Waals surface area contributed by atoms with Gasteiger partial charge < -0.3 is 9.72 Å². The summed E-state index contributed by atoms with van der Waals surface area (Å²) in [7, 11) is 0. The van der Waals surface area contributed by atoms with Crippen LogP contribution in [0.15, 0.2) is 12.5 Å². The normalized spacial score (nSPS) is 26.2. The molecular weight excluding hydrogens is 192 g/mol. The summed E-state index contributed by atoms with van der Waals surface area (Å²) < 4.78 is 5.64. The van der Waals surface area contributed by atoms with Crippen LogP contribution in [0, 0.1) is 5.92 Å². The molecule has 15 heavy (non-hydrogen) atoms. The Balaban J connectivity index is 2.04. The summed E-state index contributed by atoms with van der Waals surface area (Å²) in [4.78, 5) is 15.7. The van der Waals surface area contributed by atoms with Crippen molar-refractivity contribution in [3.63, 3.8) is 0 Å². The molecule has 5 heteroatoms. The van der Waals surface area contributed by atoms with Gasteiger partial charge in [-0.05, 0) is 12.3 Å². The summed E-state index contributed by atoms with van der Waals surface area (Å²) in [5, 5.41) is 0. The molecule has 5 nitrogen and oxygen atoms in total. The summed E-state index contributed by atoms with van der Waals surface area (Å²) in [6, 6.07) is 0. The summed E-state index contributed by atoms with van der Waals surface area (Å²) in [6.07, 6.45) is 4.41. The zero-order valence-electron chi connectivity index (χ0n) is 8.47. The molecule has 0 aromatic carbocycles. The van der Waals surface area contributed by atoms with Crippen molar-refractivity contribution in [3.8, 4) is 0 Å². The standard InChI is InChI=1S/C10H12N4O/c1-6-2-3-15-8(6)10-13-7-4-11-5-12-9(7)14-10/h4-6,8H,2-3H2,1H3,(H,11,12,13,14). The van der Waals surface area contributed by atoms with Crippen LogP contribution in [0.2, 0.25) is 0 Å². The molecule has 0 amide bonds. The number of aromatic nitrogens is 4. The Morgan fingerprint density at radius 2 is 2.47 bits per heavy atom. The minimum absolute atomic E-state index is 0.0826. The van der Waals surface area contributed by atoms with Crippen LogP contribution < -0.4 is 0 Å². The van der Waals surface area contributed by atoms with Gasteiger partial charge in [0.05, 0.1) is 6.20 Å². The van der Waals surface area contributed by atoms with Gasteiger partial charge in [0.1, 0.15) is 23.8 Å². The van der Waals surface area contributed by atoms with E-state index < -0.39 is 0 Å². The van der Waals surface area contributed by atoms with Gasteiger partial charge in [-0.15, -0.1) is 0 Å². The lowest BCUT2D eigenvalue weighted by molar-refractivity contribution is 0.0882. The third-order valence-corrected chi connectivity index (χ3v) is 2.84. The van der Waals surface area contributed by atoms with Crippen molar-refractivity contribution in [1.82, 2.24) is 19.9 Å². The molecule has 1 aliphatic rings. The van der Waals surface area contributed by atoms with Crippen molar-refractivity contribution in [2.45, 2.75) is 19.4 Å². The van der Waals surface area contributed by atoms with Crippen LogP contribution in [0.5, 0.6) is 0 Å². The highest BCUT2D eigenvalue weighted by atomic mass is 16.5. The summed E-state index contributed by atoms with van der Waals surface area (Å²) in [5.41, 5.74) is 1.58. The molecule has 1 aliphatic heterocycles. The van der Waals surface area contributed by atoms with Gasteiger partial charge in [0.25, 0.3) is 0 Å². The van der Waals surface area contributed by atoms with Gasteiger partial charge in [-0.3, -0.25) is 0 Å². The molecule has 78 valence electrons. The third kappa shape index (κ3) is 1.39. The highest BCUT2D eigenvalue weighted by molar-refractivity contribution is 5.68. The van der Waals surface area contributed by atoms with Gasteiger partial charge in [-0.1, -0.05) is 6.92 Å². The SMILES string of the molecule is CC1CCOC1c1nc2ncncc2[nH]1. The number of H-pyrrole nitrogens is 1. The zero-order valence-corrected chi connectivity index (χ0v) is 8.47. The molecule has 1 fully saturated rings. The molecule has 0 bridgehead atoms. The molecule has 2 unspecified atom stereocenters. The Bertz CT molecular complexity index is 448. The molecule has 1 N–H and O–H groups in total. The van der Waals surface area contributed by atoms with Crippen LogP contribution in [0.1, 0.15) is 25.3 Å². The van der Waals surface area contributed by atoms with Crippen molar-refractivity contribution in [2.75, 3.05) is 6.61 Å². The van der Waals surface area contributed by atoms with Crippen LogP contribution in [0.25, 0.3) is 11.2 Å². The molecule has 2 aromatic heterocycles. The Hall–Kier alpha value is -1.49. The molecule has 0 saturated carbocycles. The van der Waals surface area contributed by atoms with E-state index in [1.54, 1.807) is 6.20 Å². The fourth-order valence-corrected chi connectivity index (χ4v) is 1.96. The van der Waals surface area contributed by atoms with E-state index in [1.165, 1.54) is 6.33 Å². The molecule has 3 rings (SSSR count). The number of hydrogen-bond donors (Lipinski definition) is 1. The summed E-state index contributed by atoms with van der Waals surface area (Å²) in [5.74, 6) is 1.38. The molecule has 0 spiro atoms. The molecule has 3 heterocycles. The van der Waals surface area contributed by atoms with Gasteiger partial charge in [-0.25, -0.2) is 15.0 Å². The van der Waals surface area contributed by atoms with E-state index in [0.717, 1.165) is 24.4 Å². The first-order valence-electron chi connectivity index (χ1n) is 5.12. The Morgan fingerprint density at radius 1 is 1.53 bits per heavy atom. The number of aromatic amines is 1. The van der Waals surface area contributed by atoms with Gasteiger partial charge in [0, 0.05) is 6.61 Å². The lowest BCUT2D eigenvalue weighted by Crippen LogP contribution is -2.05. The van der Waals surface area contributed by atoms with E-state index in [-0.39, 0.29) is 6.10 Å².